The van der Waals surface area contributed by atoms with Gasteiger partial charge in [0, 0.05) is 31.7 Å². The molecule has 1 aliphatic heterocycles. The van der Waals surface area contributed by atoms with Gasteiger partial charge in [0.25, 0.3) is 5.91 Å². The average molecular weight is 393 g/mol. The minimum atomic E-state index is 0.0355. The molecule has 0 saturated carbocycles. The largest absolute Gasteiger partial charge is 0.491 e. The van der Waals surface area contributed by atoms with Crippen molar-refractivity contribution in [2.24, 2.45) is 0 Å². The van der Waals surface area contributed by atoms with Crippen molar-refractivity contribution >= 4 is 11.7 Å². The van der Waals surface area contributed by atoms with E-state index in [9.17, 15) is 4.79 Å². The molecule has 1 aromatic carbocycles. The summed E-state index contributed by atoms with van der Waals surface area (Å²) in [5.74, 6) is 2.21. The summed E-state index contributed by atoms with van der Waals surface area (Å²) < 4.78 is 7.20. The lowest BCUT2D eigenvalue weighted by molar-refractivity contribution is 0.0746. The highest BCUT2D eigenvalue weighted by molar-refractivity contribution is 5.94. The summed E-state index contributed by atoms with van der Waals surface area (Å²) >= 11 is 0. The van der Waals surface area contributed by atoms with Crippen LogP contribution in [0, 0.1) is 0 Å². The third kappa shape index (κ3) is 4.34. The monoisotopic (exact) mass is 393 g/mol. The van der Waals surface area contributed by atoms with Crippen molar-refractivity contribution < 1.29 is 9.53 Å². The Morgan fingerprint density at radius 1 is 0.966 bits per heavy atom. The zero-order valence-electron chi connectivity index (χ0n) is 16.5. The smallest absolute Gasteiger partial charge is 0.253 e. The molecule has 2 aromatic heterocycles. The van der Waals surface area contributed by atoms with E-state index in [1.807, 2.05) is 55.1 Å². The van der Waals surface area contributed by atoms with Crippen LogP contribution in [-0.4, -0.2) is 68.1 Å². The predicted molar refractivity (Wildman–Crippen MR) is 107 cm³/mol. The van der Waals surface area contributed by atoms with Gasteiger partial charge in [-0.05, 0) is 50.2 Å². The summed E-state index contributed by atoms with van der Waals surface area (Å²) in [4.78, 5) is 20.7. The maximum absolute atomic E-state index is 12.8. The Bertz CT molecular complexity index is 932. The topological polar surface area (TPSA) is 89.3 Å². The van der Waals surface area contributed by atoms with Crippen LogP contribution >= 0.6 is 0 Å². The normalized spacial score (nSPS) is 14.3. The maximum atomic E-state index is 12.8. The lowest BCUT2D eigenvalue weighted by atomic mass is 10.1. The number of aromatic nitrogens is 5. The Balaban J connectivity index is 1.34. The standard InChI is InChI=1S/C20H23N7O2/c1-15(2)29-17-5-3-16(4-6-17)20(28)26-11-9-25(10-12-26)18-7-8-19(24-23-18)27-14-21-13-22-27/h3-8,13-15H,9-12H2,1-2H3. The van der Waals surface area contributed by atoms with Gasteiger partial charge in [0.2, 0.25) is 0 Å². The van der Waals surface area contributed by atoms with Crippen molar-refractivity contribution in [3.05, 3.63) is 54.6 Å². The molecule has 1 amide bonds. The quantitative estimate of drug-likeness (QED) is 0.653. The predicted octanol–water partition coefficient (Wildman–Crippen LogP) is 1.81. The van der Waals surface area contributed by atoms with E-state index in [-0.39, 0.29) is 12.0 Å². The van der Waals surface area contributed by atoms with E-state index in [2.05, 4.69) is 25.2 Å². The Hall–Kier alpha value is -3.49. The zero-order valence-corrected chi connectivity index (χ0v) is 16.5. The first-order chi connectivity index (χ1) is 14.1. The molecule has 0 spiro atoms. The molecule has 1 aliphatic rings. The molecule has 1 saturated heterocycles. The average Bonchev–Trinajstić information content (AvgIpc) is 3.29. The van der Waals surface area contributed by atoms with Gasteiger partial charge in [0.15, 0.2) is 11.6 Å². The molecular weight excluding hydrogens is 370 g/mol. The zero-order chi connectivity index (χ0) is 20.2. The lowest BCUT2D eigenvalue weighted by Crippen LogP contribution is -2.49. The van der Waals surface area contributed by atoms with E-state index in [0.29, 0.717) is 37.6 Å². The van der Waals surface area contributed by atoms with Crippen molar-refractivity contribution in [1.29, 1.82) is 0 Å². The molecule has 0 atom stereocenters. The van der Waals surface area contributed by atoms with E-state index in [4.69, 9.17) is 4.74 Å². The van der Waals surface area contributed by atoms with E-state index >= 15 is 0 Å². The van der Waals surface area contributed by atoms with Gasteiger partial charge < -0.3 is 14.5 Å². The maximum Gasteiger partial charge on any atom is 0.253 e. The summed E-state index contributed by atoms with van der Waals surface area (Å²) in [7, 11) is 0. The Labute approximate surface area is 168 Å². The molecule has 4 rings (SSSR count). The minimum Gasteiger partial charge on any atom is -0.491 e. The SMILES string of the molecule is CC(C)Oc1ccc(C(=O)N2CCN(c3ccc(-n4cncn4)nn3)CC2)cc1. The van der Waals surface area contributed by atoms with Crippen molar-refractivity contribution in [3.63, 3.8) is 0 Å². The highest BCUT2D eigenvalue weighted by Gasteiger charge is 2.23. The van der Waals surface area contributed by atoms with Crippen molar-refractivity contribution in [2.45, 2.75) is 20.0 Å². The number of carbonyl (C=O) groups excluding carboxylic acids is 1. The van der Waals surface area contributed by atoms with Gasteiger partial charge >= 0.3 is 0 Å². The Morgan fingerprint density at radius 3 is 2.24 bits per heavy atom. The molecule has 9 nitrogen and oxygen atoms in total. The summed E-state index contributed by atoms with van der Waals surface area (Å²) in [6.07, 6.45) is 3.14. The fourth-order valence-electron chi connectivity index (χ4n) is 3.21. The number of carbonyl (C=O) groups is 1. The van der Waals surface area contributed by atoms with Crippen LogP contribution in [-0.2, 0) is 0 Å². The molecule has 0 radical (unpaired) electrons. The van der Waals surface area contributed by atoms with Crippen molar-refractivity contribution in [3.8, 4) is 11.6 Å². The molecule has 0 unspecified atom stereocenters. The van der Waals surface area contributed by atoms with Gasteiger partial charge in [-0.15, -0.1) is 10.2 Å². The van der Waals surface area contributed by atoms with E-state index < -0.39 is 0 Å². The Morgan fingerprint density at radius 2 is 1.66 bits per heavy atom. The molecule has 3 heterocycles. The second kappa shape index (κ2) is 8.26. The van der Waals surface area contributed by atoms with Gasteiger partial charge in [-0.3, -0.25) is 4.79 Å². The van der Waals surface area contributed by atoms with E-state index in [1.165, 1.54) is 6.33 Å². The number of ether oxygens (including phenoxy) is 1. The second-order valence-electron chi connectivity index (χ2n) is 7.06. The van der Waals surface area contributed by atoms with Gasteiger partial charge in [-0.1, -0.05) is 0 Å². The van der Waals surface area contributed by atoms with Crippen LogP contribution in [0.4, 0.5) is 5.82 Å². The number of hydrogen-bond acceptors (Lipinski definition) is 7. The molecule has 150 valence electrons. The minimum absolute atomic E-state index is 0.0355. The molecular formula is C20H23N7O2. The van der Waals surface area contributed by atoms with Crippen LogP contribution < -0.4 is 9.64 Å². The van der Waals surface area contributed by atoms with Crippen LogP contribution in [0.2, 0.25) is 0 Å². The number of hydrogen-bond donors (Lipinski definition) is 0. The summed E-state index contributed by atoms with van der Waals surface area (Å²) in [6.45, 7) is 6.64. The Kier molecular flexibility index (Phi) is 5.37. The van der Waals surface area contributed by atoms with Crippen molar-refractivity contribution in [2.75, 3.05) is 31.1 Å². The third-order valence-corrected chi connectivity index (χ3v) is 4.65. The number of nitrogens with zero attached hydrogens (tertiary/aromatic N) is 7. The fourth-order valence-corrected chi connectivity index (χ4v) is 3.21. The highest BCUT2D eigenvalue weighted by atomic mass is 16.5. The van der Waals surface area contributed by atoms with Crippen LogP contribution in [0.5, 0.6) is 5.75 Å². The first-order valence-electron chi connectivity index (χ1n) is 9.60. The number of piperazine rings is 1. The number of anilines is 1. The van der Waals surface area contributed by atoms with Gasteiger partial charge in [0.1, 0.15) is 18.4 Å². The van der Waals surface area contributed by atoms with E-state index in [0.717, 1.165) is 11.6 Å². The molecule has 29 heavy (non-hydrogen) atoms. The number of benzene rings is 1. The third-order valence-electron chi connectivity index (χ3n) is 4.65. The second-order valence-corrected chi connectivity index (χ2v) is 7.06. The molecule has 1 fully saturated rings. The molecule has 9 heteroatoms. The lowest BCUT2D eigenvalue weighted by Gasteiger charge is -2.35. The van der Waals surface area contributed by atoms with Crippen LogP contribution in [0.1, 0.15) is 24.2 Å². The van der Waals surface area contributed by atoms with Crippen LogP contribution in [0.3, 0.4) is 0 Å². The number of amides is 1. The highest BCUT2D eigenvalue weighted by Crippen LogP contribution is 2.18. The fraction of sp³-hybridized carbons (Fsp3) is 0.350. The molecule has 0 N–H and O–H groups in total. The van der Waals surface area contributed by atoms with Gasteiger partial charge in [-0.2, -0.15) is 5.10 Å². The summed E-state index contributed by atoms with van der Waals surface area (Å²) in [5, 5.41) is 12.5. The van der Waals surface area contributed by atoms with Gasteiger partial charge in [0.05, 0.1) is 6.10 Å². The van der Waals surface area contributed by atoms with Crippen LogP contribution in [0.15, 0.2) is 49.1 Å². The summed E-state index contributed by atoms with van der Waals surface area (Å²) in [5.41, 5.74) is 0.673. The molecule has 3 aromatic rings. The molecule has 0 aliphatic carbocycles. The first kappa shape index (κ1) is 18.9. The van der Waals surface area contributed by atoms with Gasteiger partial charge in [-0.25, -0.2) is 9.67 Å². The summed E-state index contributed by atoms with van der Waals surface area (Å²) in [6, 6.07) is 11.1. The van der Waals surface area contributed by atoms with Crippen LogP contribution in [0.25, 0.3) is 5.82 Å². The first-order valence-corrected chi connectivity index (χ1v) is 9.60. The number of rotatable bonds is 5. The van der Waals surface area contributed by atoms with Crippen molar-refractivity contribution in [1.82, 2.24) is 29.9 Å². The molecule has 0 bridgehead atoms. The van der Waals surface area contributed by atoms with E-state index in [1.54, 1.807) is 11.0 Å².